The summed E-state index contributed by atoms with van der Waals surface area (Å²) in [5, 5.41) is 20.5. The van der Waals surface area contributed by atoms with Gasteiger partial charge in [0.1, 0.15) is 5.75 Å². The Bertz CT molecular complexity index is 1280. The maximum absolute atomic E-state index is 13.2. The van der Waals surface area contributed by atoms with E-state index in [-0.39, 0.29) is 22.5 Å². The third-order valence-corrected chi connectivity index (χ3v) is 6.88. The number of hydrogen-bond donors (Lipinski definition) is 1. The number of anilines is 1. The Kier molecular flexibility index (Phi) is 6.77. The molecule has 1 amide bonds. The van der Waals surface area contributed by atoms with Gasteiger partial charge >= 0.3 is 0 Å². The summed E-state index contributed by atoms with van der Waals surface area (Å²) in [4.78, 5) is 19.5. The largest absolute Gasteiger partial charge is 0.507 e. The van der Waals surface area contributed by atoms with Crippen LogP contribution in [0.4, 0.5) is 5.69 Å². The van der Waals surface area contributed by atoms with Gasteiger partial charge in [-0.15, -0.1) is 10.2 Å². The fourth-order valence-corrected chi connectivity index (χ4v) is 4.91. The van der Waals surface area contributed by atoms with Crippen molar-refractivity contribution < 1.29 is 14.6 Å². The highest BCUT2D eigenvalue weighted by molar-refractivity contribution is 7.99. The van der Waals surface area contributed by atoms with Crippen molar-refractivity contribution in [2.45, 2.75) is 77.6 Å². The Labute approximate surface area is 217 Å². The van der Waals surface area contributed by atoms with Crippen molar-refractivity contribution in [3.05, 3.63) is 53.1 Å². The quantitative estimate of drug-likeness (QED) is 0.411. The van der Waals surface area contributed by atoms with E-state index in [0.29, 0.717) is 22.4 Å². The van der Waals surface area contributed by atoms with Gasteiger partial charge in [0, 0.05) is 29.2 Å². The third kappa shape index (κ3) is 4.78. The van der Waals surface area contributed by atoms with Gasteiger partial charge in [-0.2, -0.15) is 4.98 Å². The van der Waals surface area contributed by atoms with E-state index < -0.39 is 6.23 Å². The summed E-state index contributed by atoms with van der Waals surface area (Å²) in [6.45, 7) is 15.9. The molecule has 0 saturated carbocycles. The van der Waals surface area contributed by atoms with E-state index in [9.17, 15) is 9.90 Å². The van der Waals surface area contributed by atoms with Crippen LogP contribution in [0.25, 0.3) is 11.3 Å². The van der Waals surface area contributed by atoms with Gasteiger partial charge in [-0.25, -0.2) is 0 Å². The first kappa shape index (κ1) is 25.9. The Hall–Kier alpha value is -3.13. The number of nitrogens with zero attached hydrogens (tertiary/aromatic N) is 4. The van der Waals surface area contributed by atoms with E-state index in [4.69, 9.17) is 4.74 Å². The van der Waals surface area contributed by atoms with Crippen molar-refractivity contribution >= 4 is 23.4 Å². The predicted molar refractivity (Wildman–Crippen MR) is 144 cm³/mol. The minimum absolute atomic E-state index is 0.181. The van der Waals surface area contributed by atoms with Crippen LogP contribution in [0.5, 0.6) is 11.6 Å². The highest BCUT2D eigenvalue weighted by atomic mass is 32.2. The summed E-state index contributed by atoms with van der Waals surface area (Å²) in [6, 6.07) is 11.4. The first-order chi connectivity index (χ1) is 16.8. The van der Waals surface area contributed by atoms with Gasteiger partial charge in [-0.05, 0) is 34.8 Å². The number of amides is 1. The predicted octanol–water partition coefficient (Wildman–Crippen LogP) is 6.40. The summed E-state index contributed by atoms with van der Waals surface area (Å²) < 4.78 is 6.56. The molecule has 8 heteroatoms. The number of carbonyl (C=O) groups excluding carboxylic acids is 1. The van der Waals surface area contributed by atoms with Crippen molar-refractivity contribution in [1.82, 2.24) is 15.2 Å². The van der Waals surface area contributed by atoms with Gasteiger partial charge < -0.3 is 9.84 Å². The molecule has 1 aliphatic heterocycles. The molecular formula is C28H34N4O3S. The molecule has 0 aliphatic carbocycles. The highest BCUT2D eigenvalue weighted by Crippen LogP contribution is 2.46. The number of thioether (sulfide) groups is 1. The average Bonchev–Trinajstić information content (AvgIpc) is 2.92. The number of aromatic hydroxyl groups is 1. The Morgan fingerprint density at radius 1 is 1.06 bits per heavy atom. The molecule has 0 saturated heterocycles. The van der Waals surface area contributed by atoms with Gasteiger partial charge in [-0.1, -0.05) is 78.4 Å². The van der Waals surface area contributed by atoms with Crippen LogP contribution in [0.2, 0.25) is 0 Å². The molecule has 0 radical (unpaired) electrons. The summed E-state index contributed by atoms with van der Waals surface area (Å²) >= 11 is 1.48. The summed E-state index contributed by atoms with van der Waals surface area (Å²) in [7, 11) is 0. The number of hydrogen-bond acceptors (Lipinski definition) is 7. The average molecular weight is 507 g/mol. The molecule has 1 N–H and O–H groups in total. The maximum atomic E-state index is 13.2. The van der Waals surface area contributed by atoms with Crippen molar-refractivity contribution in [1.29, 1.82) is 0 Å². The minimum Gasteiger partial charge on any atom is -0.507 e. The molecule has 0 unspecified atom stereocenters. The van der Waals surface area contributed by atoms with E-state index in [1.807, 2.05) is 43.3 Å². The smallest absolute Gasteiger partial charge is 0.247 e. The molecule has 36 heavy (non-hydrogen) atoms. The van der Waals surface area contributed by atoms with Gasteiger partial charge in [-0.3, -0.25) is 9.69 Å². The number of carbonyl (C=O) groups is 1. The van der Waals surface area contributed by atoms with Crippen LogP contribution in [-0.4, -0.2) is 31.9 Å². The minimum atomic E-state index is -0.816. The number of para-hydroxylation sites is 1. The fraction of sp³-hybridized carbons (Fsp3) is 0.429. The lowest BCUT2D eigenvalue weighted by Gasteiger charge is -2.33. The Morgan fingerprint density at radius 3 is 2.22 bits per heavy atom. The third-order valence-electron chi connectivity index (χ3n) is 6.16. The standard InChI is InChI=1S/C28H34N4O3S/c1-9-36-26-29-24-22(30-31-26)18-12-10-11-13-21(18)32(16(2)33)25(35-24)17-14-19(27(3,4)5)23(34)20(15-17)28(6,7)8/h10-15,25,34H,9H2,1-8H3/t25-/m1/s1. The molecule has 1 aliphatic rings. The number of aromatic nitrogens is 3. The Balaban J connectivity index is 2.03. The molecule has 2 heterocycles. The molecule has 7 nitrogen and oxygen atoms in total. The number of fused-ring (bicyclic) bond motifs is 3. The normalized spacial score (nSPS) is 15.6. The van der Waals surface area contributed by atoms with Crippen molar-refractivity contribution in [3.8, 4) is 22.9 Å². The molecule has 0 fully saturated rings. The van der Waals surface area contributed by atoms with Crippen molar-refractivity contribution in [2.75, 3.05) is 10.7 Å². The molecule has 2 aromatic carbocycles. The van der Waals surface area contributed by atoms with Crippen LogP contribution in [-0.2, 0) is 15.6 Å². The number of benzene rings is 2. The van der Waals surface area contributed by atoms with Crippen molar-refractivity contribution in [3.63, 3.8) is 0 Å². The molecule has 3 aromatic rings. The molecule has 0 bridgehead atoms. The van der Waals surface area contributed by atoms with E-state index in [1.165, 1.54) is 18.7 Å². The van der Waals surface area contributed by atoms with Crippen molar-refractivity contribution in [2.24, 2.45) is 0 Å². The molecule has 4 rings (SSSR count). The van der Waals surface area contributed by atoms with E-state index in [1.54, 1.807) is 4.90 Å². The lowest BCUT2D eigenvalue weighted by Crippen LogP contribution is -2.36. The number of rotatable bonds is 3. The fourth-order valence-electron chi connectivity index (χ4n) is 4.40. The van der Waals surface area contributed by atoms with Gasteiger partial charge in [0.15, 0.2) is 5.69 Å². The van der Waals surface area contributed by atoms with E-state index >= 15 is 0 Å². The number of ether oxygens (including phenoxy) is 1. The molecule has 190 valence electrons. The van der Waals surface area contributed by atoms with Gasteiger partial charge in [0.25, 0.3) is 0 Å². The number of phenolic OH excluding ortho intramolecular Hbond substituents is 1. The van der Waals surface area contributed by atoms with Crippen LogP contribution in [0.15, 0.2) is 41.6 Å². The lowest BCUT2D eigenvalue weighted by atomic mass is 9.78. The summed E-state index contributed by atoms with van der Waals surface area (Å²) in [5.41, 5.74) is 3.55. The second kappa shape index (κ2) is 9.39. The van der Waals surface area contributed by atoms with Crippen LogP contribution in [0, 0.1) is 0 Å². The van der Waals surface area contributed by atoms with E-state index in [2.05, 4.69) is 56.7 Å². The Morgan fingerprint density at radius 2 is 1.67 bits per heavy atom. The zero-order valence-corrected chi connectivity index (χ0v) is 23.0. The van der Waals surface area contributed by atoms with Gasteiger partial charge in [0.2, 0.25) is 23.2 Å². The first-order valence-electron chi connectivity index (χ1n) is 12.1. The topological polar surface area (TPSA) is 88.4 Å². The van der Waals surface area contributed by atoms with Crippen LogP contribution in [0.1, 0.15) is 78.3 Å². The molecule has 0 spiro atoms. The van der Waals surface area contributed by atoms with E-state index in [0.717, 1.165) is 28.0 Å². The van der Waals surface area contributed by atoms with Crippen LogP contribution in [0.3, 0.4) is 0 Å². The second-order valence-corrected chi connectivity index (χ2v) is 12.3. The maximum Gasteiger partial charge on any atom is 0.247 e. The van der Waals surface area contributed by atoms with Crippen LogP contribution < -0.4 is 9.64 Å². The SMILES string of the molecule is CCSc1nnc2c(n1)O[C@H](c1cc(C(C)(C)C)c(O)c(C(C)(C)C)c1)N(C(C)=O)c1ccccc1-2. The molecular weight excluding hydrogens is 472 g/mol. The number of phenols is 1. The lowest BCUT2D eigenvalue weighted by molar-refractivity contribution is -0.118. The summed E-state index contributed by atoms with van der Waals surface area (Å²) in [5.74, 6) is 1.21. The molecule has 1 atom stereocenters. The highest BCUT2D eigenvalue weighted by Gasteiger charge is 2.37. The monoisotopic (exact) mass is 506 g/mol. The van der Waals surface area contributed by atoms with Gasteiger partial charge in [0.05, 0.1) is 5.69 Å². The zero-order valence-electron chi connectivity index (χ0n) is 22.2. The second-order valence-electron chi connectivity index (χ2n) is 11.0. The first-order valence-corrected chi connectivity index (χ1v) is 13.1. The van der Waals surface area contributed by atoms with Crippen LogP contribution >= 0.6 is 11.8 Å². The molecule has 1 aromatic heterocycles. The summed E-state index contributed by atoms with van der Waals surface area (Å²) in [6.07, 6.45) is -0.816. The zero-order chi connectivity index (χ0) is 26.4.